The molecule has 0 aliphatic rings. The first-order valence-corrected chi connectivity index (χ1v) is 11.0. The predicted octanol–water partition coefficient (Wildman–Crippen LogP) is 5.48. The van der Waals surface area contributed by atoms with Gasteiger partial charge in [0, 0.05) is 5.56 Å². The molecule has 4 aromatic rings. The molecule has 0 spiro atoms. The van der Waals surface area contributed by atoms with Gasteiger partial charge < -0.3 is 14.6 Å². The summed E-state index contributed by atoms with van der Waals surface area (Å²) >= 11 is 0. The first-order chi connectivity index (χ1) is 15.8. The van der Waals surface area contributed by atoms with Gasteiger partial charge in [0.05, 0.1) is 24.1 Å². The van der Waals surface area contributed by atoms with E-state index in [-0.39, 0.29) is 23.7 Å². The minimum atomic E-state index is -0.374. The summed E-state index contributed by atoms with van der Waals surface area (Å²) in [6.45, 7) is 7.86. The third-order valence-electron chi connectivity index (χ3n) is 5.55. The highest BCUT2D eigenvalue weighted by Crippen LogP contribution is 2.24. The van der Waals surface area contributed by atoms with Crippen molar-refractivity contribution in [3.05, 3.63) is 95.6 Å². The van der Waals surface area contributed by atoms with E-state index >= 15 is 0 Å². The predicted molar refractivity (Wildman–Crippen MR) is 128 cm³/mol. The summed E-state index contributed by atoms with van der Waals surface area (Å²) in [5.41, 5.74) is 3.60. The molecule has 0 radical (unpaired) electrons. The van der Waals surface area contributed by atoms with E-state index in [4.69, 9.17) is 4.74 Å². The number of hydrogen-bond acceptors (Lipinski definition) is 3. The number of imidazole rings is 1. The fraction of sp³-hybridized carbons (Fsp3) is 0.259. The largest absolute Gasteiger partial charge is 0.492 e. The van der Waals surface area contributed by atoms with Crippen LogP contribution in [0.15, 0.2) is 72.8 Å². The number of rotatable bonds is 7. The van der Waals surface area contributed by atoms with Crippen molar-refractivity contribution in [1.82, 2.24) is 14.9 Å². The van der Waals surface area contributed by atoms with E-state index in [0.717, 1.165) is 22.6 Å². The summed E-state index contributed by atoms with van der Waals surface area (Å²) in [7, 11) is 0. The van der Waals surface area contributed by atoms with Gasteiger partial charge >= 0.3 is 0 Å². The number of nitrogens with zero attached hydrogens (tertiary/aromatic N) is 2. The summed E-state index contributed by atoms with van der Waals surface area (Å²) in [5, 5.41) is 2.88. The molecule has 3 aromatic carbocycles. The molecule has 0 bridgehead atoms. The van der Waals surface area contributed by atoms with Gasteiger partial charge in [0.15, 0.2) is 0 Å². The molecule has 33 heavy (non-hydrogen) atoms. The monoisotopic (exact) mass is 445 g/mol. The van der Waals surface area contributed by atoms with Gasteiger partial charge in [-0.2, -0.15) is 0 Å². The van der Waals surface area contributed by atoms with Gasteiger partial charge in [0.25, 0.3) is 5.91 Å². The molecule has 0 aliphatic carbocycles. The van der Waals surface area contributed by atoms with Crippen LogP contribution in [0.5, 0.6) is 5.75 Å². The van der Waals surface area contributed by atoms with Gasteiger partial charge in [-0.1, -0.05) is 45.0 Å². The SMILES string of the molecule is CC(C)(C)c1ccc(OCCn2c(CNC(=O)c3ccc(F)cc3)nc3ccccc32)cc1. The van der Waals surface area contributed by atoms with Crippen LogP contribution in [-0.2, 0) is 18.5 Å². The van der Waals surface area contributed by atoms with Crippen molar-refractivity contribution in [2.45, 2.75) is 39.3 Å². The average Bonchev–Trinajstić information content (AvgIpc) is 3.15. The van der Waals surface area contributed by atoms with Crippen LogP contribution < -0.4 is 10.1 Å². The summed E-state index contributed by atoms with van der Waals surface area (Å²) in [6.07, 6.45) is 0. The zero-order valence-corrected chi connectivity index (χ0v) is 19.1. The van der Waals surface area contributed by atoms with E-state index in [9.17, 15) is 9.18 Å². The molecule has 1 N–H and O–H groups in total. The lowest BCUT2D eigenvalue weighted by atomic mass is 9.87. The highest BCUT2D eigenvalue weighted by atomic mass is 19.1. The molecular weight excluding hydrogens is 417 g/mol. The Morgan fingerprint density at radius 3 is 2.39 bits per heavy atom. The number of carbonyl (C=O) groups excluding carboxylic acids is 1. The topological polar surface area (TPSA) is 56.1 Å². The van der Waals surface area contributed by atoms with Gasteiger partial charge in [0.1, 0.15) is 24.0 Å². The Kier molecular flexibility index (Phi) is 6.45. The second-order valence-electron chi connectivity index (χ2n) is 8.98. The number of hydrogen-bond donors (Lipinski definition) is 1. The van der Waals surface area contributed by atoms with Crippen LogP contribution in [0.3, 0.4) is 0 Å². The first-order valence-electron chi connectivity index (χ1n) is 11.0. The molecule has 1 amide bonds. The molecular formula is C27H28FN3O2. The normalized spacial score (nSPS) is 11.5. The summed E-state index contributed by atoms with van der Waals surface area (Å²) < 4.78 is 21.2. The molecule has 5 nitrogen and oxygen atoms in total. The third-order valence-corrected chi connectivity index (χ3v) is 5.55. The number of benzene rings is 3. The fourth-order valence-electron chi connectivity index (χ4n) is 3.68. The second-order valence-corrected chi connectivity index (χ2v) is 8.98. The van der Waals surface area contributed by atoms with Crippen molar-refractivity contribution < 1.29 is 13.9 Å². The Hall–Kier alpha value is -3.67. The van der Waals surface area contributed by atoms with E-state index in [1.54, 1.807) is 0 Å². The molecule has 170 valence electrons. The van der Waals surface area contributed by atoms with Crippen LogP contribution in [0.2, 0.25) is 0 Å². The van der Waals surface area contributed by atoms with E-state index in [1.165, 1.54) is 29.8 Å². The number of amides is 1. The van der Waals surface area contributed by atoms with Crippen molar-refractivity contribution in [3.63, 3.8) is 0 Å². The Morgan fingerprint density at radius 2 is 1.70 bits per heavy atom. The quantitative estimate of drug-likeness (QED) is 0.410. The average molecular weight is 446 g/mol. The molecule has 1 heterocycles. The molecule has 0 saturated heterocycles. The Labute approximate surface area is 193 Å². The lowest BCUT2D eigenvalue weighted by Crippen LogP contribution is -2.25. The zero-order valence-electron chi connectivity index (χ0n) is 19.1. The number of halogens is 1. The van der Waals surface area contributed by atoms with Gasteiger partial charge in [0.2, 0.25) is 0 Å². The van der Waals surface area contributed by atoms with Crippen molar-refractivity contribution in [1.29, 1.82) is 0 Å². The Morgan fingerprint density at radius 1 is 1.00 bits per heavy atom. The van der Waals surface area contributed by atoms with Crippen molar-refractivity contribution in [2.75, 3.05) is 6.61 Å². The number of fused-ring (bicyclic) bond motifs is 1. The molecule has 0 atom stereocenters. The van der Waals surface area contributed by atoms with E-state index in [2.05, 4.69) is 47.8 Å². The van der Waals surface area contributed by atoms with E-state index < -0.39 is 0 Å². The molecule has 0 unspecified atom stereocenters. The molecule has 4 rings (SSSR count). The number of ether oxygens (including phenoxy) is 1. The maximum atomic E-state index is 13.1. The number of para-hydroxylation sites is 2. The molecule has 0 saturated carbocycles. The summed E-state index contributed by atoms with van der Waals surface area (Å²) in [5.74, 6) is 0.905. The van der Waals surface area contributed by atoms with Crippen LogP contribution >= 0.6 is 0 Å². The smallest absolute Gasteiger partial charge is 0.251 e. The minimum Gasteiger partial charge on any atom is -0.492 e. The standard InChI is InChI=1S/C27H28FN3O2/c1-27(2,3)20-10-14-22(15-11-20)33-17-16-31-24-7-5-4-6-23(24)30-25(31)18-29-26(32)19-8-12-21(28)13-9-19/h4-15H,16-18H2,1-3H3,(H,29,32). The number of aromatic nitrogens is 2. The summed E-state index contributed by atoms with van der Waals surface area (Å²) in [6, 6.07) is 21.5. The number of carbonyl (C=O) groups is 1. The third kappa shape index (κ3) is 5.40. The number of nitrogens with one attached hydrogen (secondary N) is 1. The molecule has 0 aliphatic heterocycles. The second kappa shape index (κ2) is 9.45. The van der Waals surface area contributed by atoms with Crippen molar-refractivity contribution >= 4 is 16.9 Å². The van der Waals surface area contributed by atoms with Gasteiger partial charge in [-0.05, 0) is 59.5 Å². The van der Waals surface area contributed by atoms with Gasteiger partial charge in [-0.15, -0.1) is 0 Å². The lowest BCUT2D eigenvalue weighted by molar-refractivity contribution is 0.0949. The van der Waals surface area contributed by atoms with Crippen LogP contribution in [-0.4, -0.2) is 22.1 Å². The van der Waals surface area contributed by atoms with Gasteiger partial charge in [-0.3, -0.25) is 4.79 Å². The summed E-state index contributed by atoms with van der Waals surface area (Å²) in [4.78, 5) is 17.1. The van der Waals surface area contributed by atoms with Crippen molar-refractivity contribution in [2.24, 2.45) is 0 Å². The lowest BCUT2D eigenvalue weighted by Gasteiger charge is -2.19. The maximum absolute atomic E-state index is 13.1. The molecule has 0 fully saturated rings. The fourth-order valence-corrected chi connectivity index (χ4v) is 3.68. The highest BCUT2D eigenvalue weighted by molar-refractivity contribution is 5.94. The van der Waals surface area contributed by atoms with Crippen molar-refractivity contribution in [3.8, 4) is 5.75 Å². The Balaban J connectivity index is 1.44. The zero-order chi connectivity index (χ0) is 23.4. The van der Waals surface area contributed by atoms with E-state index in [0.29, 0.717) is 18.7 Å². The van der Waals surface area contributed by atoms with Crippen LogP contribution in [0, 0.1) is 5.82 Å². The van der Waals surface area contributed by atoms with Crippen LogP contribution in [0.1, 0.15) is 42.5 Å². The molecule has 6 heteroatoms. The van der Waals surface area contributed by atoms with Gasteiger partial charge in [-0.25, -0.2) is 9.37 Å². The first kappa shape index (κ1) is 22.5. The Bertz CT molecular complexity index is 1240. The minimum absolute atomic E-state index is 0.0987. The van der Waals surface area contributed by atoms with Crippen LogP contribution in [0.25, 0.3) is 11.0 Å². The molecule has 1 aromatic heterocycles. The van der Waals surface area contributed by atoms with Crippen LogP contribution in [0.4, 0.5) is 4.39 Å². The van der Waals surface area contributed by atoms with E-state index in [1.807, 2.05) is 36.4 Å². The highest BCUT2D eigenvalue weighted by Gasteiger charge is 2.14. The maximum Gasteiger partial charge on any atom is 0.251 e.